The highest BCUT2D eigenvalue weighted by Gasteiger charge is 2.29. The largest absolute Gasteiger partial charge is 0.496 e. The molecule has 1 saturated carbocycles. The average Bonchev–Trinajstić information content (AvgIpc) is 3.58. The molecule has 8 heteroatoms. The molecule has 0 spiro atoms. The molecule has 1 atom stereocenters. The zero-order valence-electron chi connectivity index (χ0n) is 24.0. The van der Waals surface area contributed by atoms with Gasteiger partial charge in [0.05, 0.1) is 19.6 Å². The highest BCUT2D eigenvalue weighted by Crippen LogP contribution is 2.35. The Morgan fingerprint density at radius 3 is 2.56 bits per heavy atom. The number of carbonyl (C=O) groups is 3. The van der Waals surface area contributed by atoms with Crippen molar-refractivity contribution in [3.8, 4) is 11.5 Å². The van der Waals surface area contributed by atoms with Crippen molar-refractivity contribution < 1.29 is 29.0 Å². The Labute approximate surface area is 241 Å². The van der Waals surface area contributed by atoms with Gasteiger partial charge in [-0.1, -0.05) is 36.4 Å². The van der Waals surface area contributed by atoms with E-state index in [0.29, 0.717) is 18.8 Å². The van der Waals surface area contributed by atoms with E-state index in [-0.39, 0.29) is 30.3 Å². The lowest BCUT2D eigenvalue weighted by molar-refractivity contribution is -0.143. The van der Waals surface area contributed by atoms with E-state index in [1.165, 1.54) is 16.0 Å². The van der Waals surface area contributed by atoms with Crippen LogP contribution in [0.3, 0.4) is 0 Å². The van der Waals surface area contributed by atoms with Crippen LogP contribution in [0, 0.1) is 11.8 Å². The number of fused-ring (bicyclic) bond motifs is 1. The number of hydrogen-bond donors (Lipinski definition) is 1. The molecule has 1 aliphatic carbocycles. The number of likely N-dealkylation sites (tertiary alicyclic amines) is 1. The van der Waals surface area contributed by atoms with Crippen LogP contribution in [0.15, 0.2) is 42.5 Å². The summed E-state index contributed by atoms with van der Waals surface area (Å²) < 4.78 is 11.5. The molecule has 2 heterocycles. The minimum Gasteiger partial charge on any atom is -0.496 e. The van der Waals surface area contributed by atoms with Gasteiger partial charge in [0.2, 0.25) is 11.8 Å². The summed E-state index contributed by atoms with van der Waals surface area (Å²) in [5, 5.41) is 9.45. The maximum atomic E-state index is 11.9. The zero-order valence-corrected chi connectivity index (χ0v) is 24.0. The van der Waals surface area contributed by atoms with Crippen LogP contribution in [0.25, 0.3) is 6.08 Å². The second-order valence-electron chi connectivity index (χ2n) is 11.5. The zero-order chi connectivity index (χ0) is 28.9. The second-order valence-corrected chi connectivity index (χ2v) is 11.5. The Balaban J connectivity index is 1.32. The number of carbonyl (C=O) groups excluding carboxylic acids is 2. The molecule has 41 heavy (non-hydrogen) atoms. The quantitative estimate of drug-likeness (QED) is 0.375. The van der Waals surface area contributed by atoms with Crippen LogP contribution in [0.5, 0.6) is 11.5 Å². The molecule has 0 bridgehead atoms. The van der Waals surface area contributed by atoms with E-state index in [1.54, 1.807) is 7.11 Å². The number of methoxy groups -OCH3 is 1. The van der Waals surface area contributed by atoms with E-state index in [1.807, 2.05) is 18.2 Å². The normalized spacial score (nSPS) is 21.4. The van der Waals surface area contributed by atoms with Crippen LogP contribution in [-0.4, -0.2) is 59.5 Å². The number of ether oxygens (including phenoxy) is 2. The second kappa shape index (κ2) is 12.9. The summed E-state index contributed by atoms with van der Waals surface area (Å²) in [6.07, 6.45) is 8.57. The molecule has 1 unspecified atom stereocenters. The number of carboxylic acids is 1. The highest BCUT2D eigenvalue weighted by molar-refractivity contribution is 6.02. The molecule has 1 N–H and O–H groups in total. The van der Waals surface area contributed by atoms with Crippen molar-refractivity contribution in [1.82, 2.24) is 9.80 Å². The topological polar surface area (TPSA) is 96.4 Å². The Morgan fingerprint density at radius 2 is 1.85 bits per heavy atom. The highest BCUT2D eigenvalue weighted by atomic mass is 16.5. The molecule has 0 aromatic heterocycles. The molecule has 2 aromatic carbocycles. The van der Waals surface area contributed by atoms with Gasteiger partial charge in [0.15, 0.2) is 0 Å². The maximum absolute atomic E-state index is 11.9. The van der Waals surface area contributed by atoms with Crippen molar-refractivity contribution in [1.29, 1.82) is 0 Å². The summed E-state index contributed by atoms with van der Waals surface area (Å²) in [5.74, 6) is 1.03. The molecule has 2 aromatic rings. The predicted octanol–water partition coefficient (Wildman–Crippen LogP) is 5.25. The molecule has 5 rings (SSSR count). The van der Waals surface area contributed by atoms with Gasteiger partial charge >= 0.3 is 5.97 Å². The van der Waals surface area contributed by atoms with Gasteiger partial charge in [-0.25, -0.2) is 0 Å². The molecule has 0 radical (unpaired) electrons. The van der Waals surface area contributed by atoms with Gasteiger partial charge in [-0.15, -0.1) is 0 Å². The lowest BCUT2D eigenvalue weighted by Gasteiger charge is -2.35. The summed E-state index contributed by atoms with van der Waals surface area (Å²) in [6.45, 7) is 4.86. The predicted molar refractivity (Wildman–Crippen MR) is 156 cm³/mol. The first-order valence-electron chi connectivity index (χ1n) is 14.7. The van der Waals surface area contributed by atoms with Crippen LogP contribution in [-0.2, 0) is 27.3 Å². The number of rotatable bonds is 11. The number of carboxylic acid groups (broad SMARTS) is 1. The molecular formula is C33H40N2O6. The van der Waals surface area contributed by atoms with Crippen LogP contribution >= 0.6 is 0 Å². The Morgan fingerprint density at radius 1 is 1.10 bits per heavy atom. The molecule has 1 saturated heterocycles. The summed E-state index contributed by atoms with van der Waals surface area (Å²) in [5.41, 5.74) is 4.53. The van der Waals surface area contributed by atoms with Crippen molar-refractivity contribution in [2.45, 2.75) is 64.5 Å². The minimum absolute atomic E-state index is 0.122. The third-order valence-electron chi connectivity index (χ3n) is 8.86. The summed E-state index contributed by atoms with van der Waals surface area (Å²) in [6, 6.07) is 12.9. The van der Waals surface area contributed by atoms with Gasteiger partial charge in [0.1, 0.15) is 11.5 Å². The van der Waals surface area contributed by atoms with Crippen molar-refractivity contribution >= 4 is 23.9 Å². The number of aliphatic carboxylic acids is 1. The first kappa shape index (κ1) is 28.9. The minimum atomic E-state index is -0.672. The summed E-state index contributed by atoms with van der Waals surface area (Å²) in [7, 11) is 1.65. The van der Waals surface area contributed by atoms with Gasteiger partial charge in [-0.2, -0.15) is 0 Å². The Kier molecular flexibility index (Phi) is 9.08. The SMILES string of the molecule is COc1cc(CN(CC2CCC(C(=O)O)CC2)C(C)c2ccc3c(c2)CCO3)ccc1C=CCN1C(=O)CCC1=O. The van der Waals surface area contributed by atoms with Crippen molar-refractivity contribution in [3.63, 3.8) is 0 Å². The van der Waals surface area contributed by atoms with E-state index in [0.717, 1.165) is 74.4 Å². The first-order valence-corrected chi connectivity index (χ1v) is 14.7. The molecule has 218 valence electrons. The standard InChI is InChI=1S/C33H40N2O6/c1-22(27-11-12-29-28(19-27)15-17-41-29)34(20-23-5-9-26(10-6-23)33(38)39)21-24-7-8-25(30(18-24)40-2)4-3-16-35-31(36)13-14-32(35)37/h3-4,7-8,11-12,18-19,22-23,26H,5-6,9-10,13-17,20-21H2,1-2H3,(H,38,39). The van der Waals surface area contributed by atoms with Gasteiger partial charge in [-0.05, 0) is 67.3 Å². The molecule has 2 fully saturated rings. The number of imide groups is 1. The van der Waals surface area contributed by atoms with Crippen LogP contribution in [0.4, 0.5) is 0 Å². The maximum Gasteiger partial charge on any atom is 0.306 e. The lowest BCUT2D eigenvalue weighted by Crippen LogP contribution is -2.34. The van der Waals surface area contributed by atoms with Crippen molar-refractivity contribution in [3.05, 3.63) is 64.7 Å². The van der Waals surface area contributed by atoms with Gasteiger partial charge in [0, 0.05) is 50.5 Å². The van der Waals surface area contributed by atoms with Gasteiger partial charge in [-0.3, -0.25) is 24.2 Å². The Hall–Kier alpha value is -3.65. The van der Waals surface area contributed by atoms with Crippen LogP contribution < -0.4 is 9.47 Å². The van der Waals surface area contributed by atoms with Crippen LogP contribution in [0.1, 0.15) is 73.7 Å². The molecule has 2 aliphatic heterocycles. The number of benzene rings is 2. The fourth-order valence-electron chi connectivity index (χ4n) is 6.30. The molecule has 2 amide bonds. The smallest absolute Gasteiger partial charge is 0.306 e. The number of nitrogens with zero attached hydrogens (tertiary/aromatic N) is 2. The average molecular weight is 561 g/mol. The number of amides is 2. The lowest BCUT2D eigenvalue weighted by atomic mass is 9.81. The first-order chi connectivity index (χ1) is 19.8. The number of hydrogen-bond acceptors (Lipinski definition) is 6. The van der Waals surface area contributed by atoms with Gasteiger partial charge in [0.25, 0.3) is 0 Å². The van der Waals surface area contributed by atoms with E-state index >= 15 is 0 Å². The van der Waals surface area contributed by atoms with E-state index in [4.69, 9.17) is 9.47 Å². The fourth-order valence-corrected chi connectivity index (χ4v) is 6.30. The molecule has 3 aliphatic rings. The molecular weight excluding hydrogens is 520 g/mol. The third-order valence-corrected chi connectivity index (χ3v) is 8.86. The van der Waals surface area contributed by atoms with E-state index in [9.17, 15) is 19.5 Å². The molecule has 8 nitrogen and oxygen atoms in total. The summed E-state index contributed by atoms with van der Waals surface area (Å²) in [4.78, 5) is 39.1. The monoisotopic (exact) mass is 560 g/mol. The van der Waals surface area contributed by atoms with Crippen LogP contribution in [0.2, 0.25) is 0 Å². The fraction of sp³-hybridized carbons (Fsp3) is 0.485. The van der Waals surface area contributed by atoms with Crippen molar-refractivity contribution in [2.24, 2.45) is 11.8 Å². The van der Waals surface area contributed by atoms with E-state index in [2.05, 4.69) is 42.2 Å². The van der Waals surface area contributed by atoms with Gasteiger partial charge < -0.3 is 14.6 Å². The Bertz CT molecular complexity index is 1300. The van der Waals surface area contributed by atoms with E-state index < -0.39 is 5.97 Å². The third kappa shape index (κ3) is 6.81. The summed E-state index contributed by atoms with van der Waals surface area (Å²) >= 11 is 0. The van der Waals surface area contributed by atoms with Crippen molar-refractivity contribution in [2.75, 3.05) is 26.8 Å².